The number of nitrogens with zero attached hydrogens (tertiary/aromatic N) is 3. The molecule has 0 saturated carbocycles. The van der Waals surface area contributed by atoms with Gasteiger partial charge in [0.15, 0.2) is 0 Å². The molecule has 0 amide bonds. The fourth-order valence-corrected chi connectivity index (χ4v) is 2.16. The van der Waals surface area contributed by atoms with Crippen molar-refractivity contribution in [3.63, 3.8) is 0 Å². The predicted octanol–water partition coefficient (Wildman–Crippen LogP) is 2.44. The summed E-state index contributed by atoms with van der Waals surface area (Å²) in [5.41, 5.74) is 7.26. The summed E-state index contributed by atoms with van der Waals surface area (Å²) in [4.78, 5) is 9.10. The van der Waals surface area contributed by atoms with Gasteiger partial charge in [0.1, 0.15) is 4.88 Å². The van der Waals surface area contributed by atoms with Gasteiger partial charge < -0.3 is 10.3 Å². The van der Waals surface area contributed by atoms with Crippen LogP contribution in [0.1, 0.15) is 0 Å². The molecule has 3 heterocycles. The van der Waals surface area contributed by atoms with Gasteiger partial charge in [0.05, 0.1) is 5.69 Å². The Bertz CT molecular complexity index is 632. The SMILES string of the molecule is Nc1ccsc1-c1nc(-c2cccnc2)no1. The summed E-state index contributed by atoms with van der Waals surface area (Å²) < 4.78 is 5.19. The third-order valence-electron chi connectivity index (χ3n) is 2.24. The van der Waals surface area contributed by atoms with Gasteiger partial charge in [-0.3, -0.25) is 4.98 Å². The van der Waals surface area contributed by atoms with Crippen molar-refractivity contribution in [2.45, 2.75) is 0 Å². The second kappa shape index (κ2) is 3.99. The maximum atomic E-state index is 5.79. The van der Waals surface area contributed by atoms with Crippen molar-refractivity contribution in [2.24, 2.45) is 0 Å². The van der Waals surface area contributed by atoms with Crippen LogP contribution in [0.4, 0.5) is 5.69 Å². The van der Waals surface area contributed by atoms with Crippen molar-refractivity contribution in [1.82, 2.24) is 15.1 Å². The fraction of sp³-hybridized carbons (Fsp3) is 0. The molecule has 0 aromatic carbocycles. The summed E-state index contributed by atoms with van der Waals surface area (Å²) in [5, 5.41) is 5.80. The Morgan fingerprint density at radius 1 is 1.29 bits per heavy atom. The molecule has 0 aliphatic heterocycles. The summed E-state index contributed by atoms with van der Waals surface area (Å²) in [7, 11) is 0. The zero-order valence-corrected chi connectivity index (χ0v) is 9.52. The second-order valence-electron chi connectivity index (χ2n) is 3.37. The van der Waals surface area contributed by atoms with Crippen LogP contribution in [-0.4, -0.2) is 15.1 Å². The van der Waals surface area contributed by atoms with E-state index in [-0.39, 0.29) is 0 Å². The van der Waals surface area contributed by atoms with E-state index in [4.69, 9.17) is 10.3 Å². The van der Waals surface area contributed by atoms with Gasteiger partial charge in [0, 0.05) is 18.0 Å². The number of nitrogens with two attached hydrogens (primary N) is 1. The number of anilines is 1. The lowest BCUT2D eigenvalue weighted by Gasteiger charge is -1.90. The number of hydrogen-bond acceptors (Lipinski definition) is 6. The van der Waals surface area contributed by atoms with Crippen LogP contribution in [0.3, 0.4) is 0 Å². The van der Waals surface area contributed by atoms with Gasteiger partial charge in [-0.05, 0) is 23.6 Å². The zero-order chi connectivity index (χ0) is 11.7. The van der Waals surface area contributed by atoms with Gasteiger partial charge in [-0.25, -0.2) is 0 Å². The third kappa shape index (κ3) is 1.78. The summed E-state index contributed by atoms with van der Waals surface area (Å²) in [6, 6.07) is 5.51. The normalized spacial score (nSPS) is 10.6. The fourth-order valence-electron chi connectivity index (χ4n) is 1.42. The Balaban J connectivity index is 2.02. The van der Waals surface area contributed by atoms with Gasteiger partial charge in [-0.15, -0.1) is 11.3 Å². The molecule has 17 heavy (non-hydrogen) atoms. The molecule has 3 aromatic rings. The molecule has 0 fully saturated rings. The quantitative estimate of drug-likeness (QED) is 0.749. The number of aromatic nitrogens is 3. The van der Waals surface area contributed by atoms with Crippen LogP contribution in [0.15, 0.2) is 40.5 Å². The van der Waals surface area contributed by atoms with Crippen molar-refractivity contribution in [3.8, 4) is 22.2 Å². The largest absolute Gasteiger partial charge is 0.397 e. The maximum absolute atomic E-state index is 5.79. The van der Waals surface area contributed by atoms with Crippen LogP contribution < -0.4 is 5.73 Å². The van der Waals surface area contributed by atoms with Gasteiger partial charge in [0.25, 0.3) is 5.89 Å². The number of rotatable bonds is 2. The lowest BCUT2D eigenvalue weighted by Crippen LogP contribution is -1.84. The Morgan fingerprint density at radius 3 is 2.94 bits per heavy atom. The monoisotopic (exact) mass is 244 g/mol. The minimum absolute atomic E-state index is 0.441. The highest BCUT2D eigenvalue weighted by molar-refractivity contribution is 7.14. The minimum atomic E-state index is 0.441. The number of hydrogen-bond donors (Lipinski definition) is 1. The summed E-state index contributed by atoms with van der Waals surface area (Å²) >= 11 is 1.47. The van der Waals surface area contributed by atoms with E-state index >= 15 is 0 Å². The Hall–Kier alpha value is -2.21. The van der Waals surface area contributed by atoms with Gasteiger partial charge in [0.2, 0.25) is 5.82 Å². The molecule has 0 aliphatic rings. The summed E-state index contributed by atoms with van der Waals surface area (Å²) in [6.45, 7) is 0. The van der Waals surface area contributed by atoms with Crippen LogP contribution in [0.5, 0.6) is 0 Å². The predicted molar refractivity (Wildman–Crippen MR) is 65.3 cm³/mol. The van der Waals surface area contributed by atoms with E-state index in [1.165, 1.54) is 11.3 Å². The van der Waals surface area contributed by atoms with E-state index in [9.17, 15) is 0 Å². The molecular weight excluding hydrogens is 236 g/mol. The first-order valence-electron chi connectivity index (χ1n) is 4.92. The van der Waals surface area contributed by atoms with Crippen molar-refractivity contribution in [1.29, 1.82) is 0 Å². The average Bonchev–Trinajstić information content (AvgIpc) is 2.98. The molecule has 5 nitrogen and oxygen atoms in total. The van der Waals surface area contributed by atoms with E-state index in [1.54, 1.807) is 12.4 Å². The van der Waals surface area contributed by atoms with Crippen molar-refractivity contribution >= 4 is 17.0 Å². The molecule has 3 aromatic heterocycles. The van der Waals surface area contributed by atoms with Gasteiger partial charge in [-0.2, -0.15) is 4.98 Å². The van der Waals surface area contributed by atoms with E-state index in [0.29, 0.717) is 17.4 Å². The first-order valence-corrected chi connectivity index (χ1v) is 5.80. The van der Waals surface area contributed by atoms with E-state index in [0.717, 1.165) is 10.4 Å². The van der Waals surface area contributed by atoms with Gasteiger partial charge in [-0.1, -0.05) is 5.16 Å². The van der Waals surface area contributed by atoms with Crippen LogP contribution >= 0.6 is 11.3 Å². The summed E-state index contributed by atoms with van der Waals surface area (Å²) in [6.07, 6.45) is 3.38. The molecule has 3 rings (SSSR count). The Morgan fingerprint density at radius 2 is 2.24 bits per heavy atom. The molecule has 0 spiro atoms. The maximum Gasteiger partial charge on any atom is 0.270 e. The molecule has 0 atom stereocenters. The van der Waals surface area contributed by atoms with Crippen LogP contribution in [0, 0.1) is 0 Å². The molecule has 0 radical (unpaired) electrons. The zero-order valence-electron chi connectivity index (χ0n) is 8.70. The van der Waals surface area contributed by atoms with E-state index in [2.05, 4.69) is 15.1 Å². The highest BCUT2D eigenvalue weighted by Gasteiger charge is 2.13. The molecule has 2 N–H and O–H groups in total. The standard InChI is InChI=1S/C11H8N4OS/c12-8-3-5-17-9(8)11-14-10(15-16-11)7-2-1-4-13-6-7/h1-6H,12H2. The lowest BCUT2D eigenvalue weighted by atomic mass is 10.3. The first kappa shape index (κ1) is 9.98. The van der Waals surface area contributed by atoms with Crippen LogP contribution in [0.2, 0.25) is 0 Å². The molecule has 6 heteroatoms. The highest BCUT2D eigenvalue weighted by Crippen LogP contribution is 2.31. The summed E-state index contributed by atoms with van der Waals surface area (Å²) in [5.74, 6) is 0.956. The molecule has 84 valence electrons. The van der Waals surface area contributed by atoms with Crippen LogP contribution in [0.25, 0.3) is 22.2 Å². The second-order valence-corrected chi connectivity index (χ2v) is 4.29. The lowest BCUT2D eigenvalue weighted by molar-refractivity contribution is 0.433. The van der Waals surface area contributed by atoms with Crippen molar-refractivity contribution < 1.29 is 4.52 Å². The van der Waals surface area contributed by atoms with E-state index in [1.807, 2.05) is 23.6 Å². The van der Waals surface area contributed by atoms with E-state index < -0.39 is 0 Å². The van der Waals surface area contributed by atoms with Crippen molar-refractivity contribution in [2.75, 3.05) is 5.73 Å². The number of thiophene rings is 1. The Labute approximate surface area is 101 Å². The minimum Gasteiger partial charge on any atom is -0.397 e. The topological polar surface area (TPSA) is 77.8 Å². The average molecular weight is 244 g/mol. The molecule has 0 saturated heterocycles. The number of nitrogen functional groups attached to an aromatic ring is 1. The van der Waals surface area contributed by atoms with Gasteiger partial charge >= 0.3 is 0 Å². The number of pyridine rings is 1. The van der Waals surface area contributed by atoms with Crippen molar-refractivity contribution in [3.05, 3.63) is 36.0 Å². The van der Waals surface area contributed by atoms with Crippen LogP contribution in [-0.2, 0) is 0 Å². The first-order chi connectivity index (χ1) is 8.34. The Kier molecular flexibility index (Phi) is 2.34. The highest BCUT2D eigenvalue weighted by atomic mass is 32.1. The molecular formula is C11H8N4OS. The smallest absolute Gasteiger partial charge is 0.270 e. The molecule has 0 aliphatic carbocycles. The third-order valence-corrected chi connectivity index (χ3v) is 3.15. The molecule has 0 bridgehead atoms. The molecule has 0 unspecified atom stereocenters.